The van der Waals surface area contributed by atoms with Crippen LogP contribution in [0.25, 0.3) is 0 Å². The quantitative estimate of drug-likeness (QED) is 0.503. The highest BCUT2D eigenvalue weighted by Gasteiger charge is 2.18. The molecule has 0 N–H and O–H groups in total. The van der Waals surface area contributed by atoms with Crippen molar-refractivity contribution in [1.29, 1.82) is 0 Å². The van der Waals surface area contributed by atoms with Crippen LogP contribution in [0, 0.1) is 17.3 Å². The summed E-state index contributed by atoms with van der Waals surface area (Å²) in [5.74, 6) is 6.68. The van der Waals surface area contributed by atoms with Gasteiger partial charge in [-0.2, -0.15) is 0 Å². The molecule has 0 aromatic carbocycles. The summed E-state index contributed by atoms with van der Waals surface area (Å²) in [6, 6.07) is 0. The minimum Gasteiger partial charge on any atom is -0.103 e. The van der Waals surface area contributed by atoms with Crippen molar-refractivity contribution in [1.82, 2.24) is 0 Å². The Balaban J connectivity index is 2.60. The highest BCUT2D eigenvalue weighted by atomic mass is 14.2. The van der Waals surface area contributed by atoms with Crippen molar-refractivity contribution < 1.29 is 0 Å². The van der Waals surface area contributed by atoms with Crippen LogP contribution >= 0.6 is 0 Å². The molecule has 0 amide bonds. The Kier molecular flexibility index (Phi) is 3.00. The zero-order valence-electron chi connectivity index (χ0n) is 7.74. The molecule has 0 aromatic heterocycles. The number of rotatable bonds is 1. The maximum Gasteiger partial charge on any atom is 0.0284 e. The van der Waals surface area contributed by atoms with Crippen molar-refractivity contribution in [3.8, 4) is 11.8 Å². The van der Waals surface area contributed by atoms with Crippen LogP contribution in [0.2, 0.25) is 0 Å². The first kappa shape index (κ1) is 8.65. The van der Waals surface area contributed by atoms with E-state index in [0.29, 0.717) is 5.41 Å². The van der Waals surface area contributed by atoms with Gasteiger partial charge in [0, 0.05) is 11.8 Å². The molecule has 1 atom stereocenters. The first-order valence-corrected chi connectivity index (χ1v) is 4.77. The van der Waals surface area contributed by atoms with Crippen molar-refractivity contribution in [3.63, 3.8) is 0 Å². The molecule has 62 valence electrons. The summed E-state index contributed by atoms with van der Waals surface area (Å²) in [4.78, 5) is 0. The van der Waals surface area contributed by atoms with Crippen molar-refractivity contribution in [2.24, 2.45) is 5.41 Å². The minimum absolute atomic E-state index is 0.334. The van der Waals surface area contributed by atoms with Gasteiger partial charge < -0.3 is 0 Å². The van der Waals surface area contributed by atoms with Crippen molar-refractivity contribution in [3.05, 3.63) is 0 Å². The molecule has 1 unspecified atom stereocenters. The van der Waals surface area contributed by atoms with Gasteiger partial charge in [-0.25, -0.2) is 0 Å². The van der Waals surface area contributed by atoms with Crippen molar-refractivity contribution in [2.75, 3.05) is 0 Å². The van der Waals surface area contributed by atoms with E-state index in [0.717, 1.165) is 6.42 Å². The average Bonchev–Trinajstić information content (AvgIpc) is 1.98. The molecule has 0 heteroatoms. The highest BCUT2D eigenvalue weighted by molar-refractivity contribution is 5.10. The third-order valence-electron chi connectivity index (χ3n) is 2.70. The first-order chi connectivity index (χ1) is 5.27. The highest BCUT2D eigenvalue weighted by Crippen LogP contribution is 2.28. The van der Waals surface area contributed by atoms with Crippen LogP contribution in [0.1, 0.15) is 52.4 Å². The van der Waals surface area contributed by atoms with Crippen LogP contribution in [-0.2, 0) is 0 Å². The van der Waals surface area contributed by atoms with Crippen LogP contribution in [0.5, 0.6) is 0 Å². The first-order valence-electron chi connectivity index (χ1n) is 4.77. The van der Waals surface area contributed by atoms with E-state index in [1.807, 2.05) is 0 Å². The van der Waals surface area contributed by atoms with Gasteiger partial charge in [0.2, 0.25) is 0 Å². The lowest BCUT2D eigenvalue weighted by atomic mass is 9.81. The third-order valence-corrected chi connectivity index (χ3v) is 2.70. The zero-order chi connectivity index (χ0) is 8.16. The fourth-order valence-corrected chi connectivity index (χ4v) is 1.51. The maximum absolute atomic E-state index is 3.40. The normalized spacial score (nSPS) is 31.5. The SMILES string of the molecule is CCC1(C)C#CCCCCC1. The summed E-state index contributed by atoms with van der Waals surface area (Å²) in [5.41, 5.74) is 0.334. The Morgan fingerprint density at radius 2 is 2.09 bits per heavy atom. The van der Waals surface area contributed by atoms with E-state index in [1.165, 1.54) is 32.1 Å². The molecule has 0 heterocycles. The van der Waals surface area contributed by atoms with Gasteiger partial charge in [0.1, 0.15) is 0 Å². The molecule has 1 rings (SSSR count). The van der Waals surface area contributed by atoms with E-state index in [4.69, 9.17) is 0 Å². The Bertz CT molecular complexity index is 170. The van der Waals surface area contributed by atoms with Gasteiger partial charge in [0.05, 0.1) is 0 Å². The van der Waals surface area contributed by atoms with Gasteiger partial charge in [0.25, 0.3) is 0 Å². The standard InChI is InChI=1S/C11H18/c1-3-11(2)9-7-5-4-6-8-10-11/h3-7,9H2,1-2H3. The molecule has 0 aliphatic heterocycles. The second kappa shape index (κ2) is 3.81. The van der Waals surface area contributed by atoms with E-state index in [9.17, 15) is 0 Å². The summed E-state index contributed by atoms with van der Waals surface area (Å²) < 4.78 is 0. The second-order valence-corrected chi connectivity index (χ2v) is 3.78. The molecular weight excluding hydrogens is 132 g/mol. The Hall–Kier alpha value is -0.440. The van der Waals surface area contributed by atoms with Crippen LogP contribution in [-0.4, -0.2) is 0 Å². The van der Waals surface area contributed by atoms with E-state index in [1.54, 1.807) is 0 Å². The number of hydrogen-bond donors (Lipinski definition) is 0. The Labute approximate surface area is 70.4 Å². The molecular formula is C11H18. The summed E-state index contributed by atoms with van der Waals surface area (Å²) >= 11 is 0. The topological polar surface area (TPSA) is 0 Å². The third kappa shape index (κ3) is 2.58. The van der Waals surface area contributed by atoms with Gasteiger partial charge in [-0.05, 0) is 26.2 Å². The Morgan fingerprint density at radius 3 is 2.82 bits per heavy atom. The zero-order valence-corrected chi connectivity index (χ0v) is 7.74. The lowest BCUT2D eigenvalue weighted by molar-refractivity contribution is 0.371. The van der Waals surface area contributed by atoms with Gasteiger partial charge in [-0.3, -0.25) is 0 Å². The minimum atomic E-state index is 0.334. The van der Waals surface area contributed by atoms with E-state index >= 15 is 0 Å². The molecule has 1 aliphatic rings. The van der Waals surface area contributed by atoms with Gasteiger partial charge in [0.15, 0.2) is 0 Å². The van der Waals surface area contributed by atoms with Gasteiger partial charge in [-0.15, -0.1) is 5.92 Å². The van der Waals surface area contributed by atoms with E-state index < -0.39 is 0 Å². The lowest BCUT2D eigenvalue weighted by Gasteiger charge is -2.22. The van der Waals surface area contributed by atoms with E-state index in [2.05, 4.69) is 25.7 Å². The maximum atomic E-state index is 3.40. The largest absolute Gasteiger partial charge is 0.103 e. The van der Waals surface area contributed by atoms with Gasteiger partial charge >= 0.3 is 0 Å². The van der Waals surface area contributed by atoms with Gasteiger partial charge in [-0.1, -0.05) is 25.7 Å². The fourth-order valence-electron chi connectivity index (χ4n) is 1.51. The molecule has 1 aliphatic carbocycles. The summed E-state index contributed by atoms with van der Waals surface area (Å²) in [7, 11) is 0. The summed E-state index contributed by atoms with van der Waals surface area (Å²) in [5, 5.41) is 0. The average molecular weight is 150 g/mol. The Morgan fingerprint density at radius 1 is 1.27 bits per heavy atom. The van der Waals surface area contributed by atoms with Crippen LogP contribution in [0.4, 0.5) is 0 Å². The predicted octanol–water partition coefficient (Wildman–Crippen LogP) is 3.37. The molecule has 0 aromatic rings. The molecule has 11 heavy (non-hydrogen) atoms. The van der Waals surface area contributed by atoms with Crippen LogP contribution < -0.4 is 0 Å². The van der Waals surface area contributed by atoms with Crippen molar-refractivity contribution in [2.45, 2.75) is 52.4 Å². The monoisotopic (exact) mass is 150 g/mol. The summed E-state index contributed by atoms with van der Waals surface area (Å²) in [6.45, 7) is 4.54. The van der Waals surface area contributed by atoms with Crippen molar-refractivity contribution >= 4 is 0 Å². The molecule has 0 spiro atoms. The lowest BCUT2D eigenvalue weighted by Crippen LogP contribution is -2.13. The molecule has 0 radical (unpaired) electrons. The van der Waals surface area contributed by atoms with Crippen LogP contribution in [0.3, 0.4) is 0 Å². The summed E-state index contributed by atoms with van der Waals surface area (Å²) in [6.07, 6.45) is 7.70. The number of hydrogen-bond acceptors (Lipinski definition) is 0. The molecule has 0 saturated carbocycles. The molecule has 0 saturated heterocycles. The molecule has 0 fully saturated rings. The smallest absolute Gasteiger partial charge is 0.0284 e. The van der Waals surface area contributed by atoms with E-state index in [-0.39, 0.29) is 0 Å². The second-order valence-electron chi connectivity index (χ2n) is 3.78. The van der Waals surface area contributed by atoms with Crippen LogP contribution in [0.15, 0.2) is 0 Å². The fraction of sp³-hybridized carbons (Fsp3) is 0.818. The molecule has 0 nitrogen and oxygen atoms in total. The predicted molar refractivity (Wildman–Crippen MR) is 49.3 cm³/mol. The molecule has 0 bridgehead atoms.